The molecule has 2 saturated heterocycles. The van der Waals surface area contributed by atoms with Crippen LogP contribution in [0.1, 0.15) is 25.3 Å². The number of likely N-dealkylation sites (tertiary alicyclic amines) is 1. The van der Waals surface area contributed by atoms with Crippen molar-refractivity contribution in [1.29, 1.82) is 0 Å². The van der Waals surface area contributed by atoms with Gasteiger partial charge in [-0.1, -0.05) is 30.3 Å². The van der Waals surface area contributed by atoms with Crippen LogP contribution in [0.15, 0.2) is 30.3 Å². The Balaban J connectivity index is 1.55. The first-order chi connectivity index (χ1) is 10.2. The lowest BCUT2D eigenvalue weighted by molar-refractivity contribution is -0.130. The molecule has 2 unspecified atom stereocenters. The minimum Gasteiger partial charge on any atom is -0.325 e. The molecule has 114 valence electrons. The number of hydrogen-bond donors (Lipinski definition) is 1. The molecule has 0 bridgehead atoms. The van der Waals surface area contributed by atoms with E-state index in [1.165, 1.54) is 31.5 Å². The van der Waals surface area contributed by atoms with Crippen molar-refractivity contribution < 1.29 is 4.79 Å². The normalized spacial score (nSPS) is 24.7. The van der Waals surface area contributed by atoms with Crippen molar-refractivity contribution in [3.8, 4) is 0 Å². The number of rotatable bonds is 5. The van der Waals surface area contributed by atoms with Crippen LogP contribution in [0.2, 0.25) is 0 Å². The standard InChI is InChI=1S/C17H25N3O/c1-14(12-19-9-5-6-10-19)20-13-18-16(17(20)21)11-15-7-3-2-4-8-15/h2-4,7-8,14,16,18H,5-6,9-13H2,1H3. The van der Waals surface area contributed by atoms with Crippen LogP contribution in [0, 0.1) is 0 Å². The molecular weight excluding hydrogens is 262 g/mol. The van der Waals surface area contributed by atoms with Crippen LogP contribution in [0.4, 0.5) is 0 Å². The number of carbonyl (C=O) groups is 1. The maximum atomic E-state index is 12.6. The number of benzene rings is 1. The van der Waals surface area contributed by atoms with Gasteiger partial charge in [0.25, 0.3) is 0 Å². The fraction of sp³-hybridized carbons (Fsp3) is 0.588. The van der Waals surface area contributed by atoms with Gasteiger partial charge in [0, 0.05) is 12.6 Å². The molecule has 4 nitrogen and oxygen atoms in total. The number of nitrogens with zero attached hydrogens (tertiary/aromatic N) is 2. The third-order valence-electron chi connectivity index (χ3n) is 4.63. The van der Waals surface area contributed by atoms with Gasteiger partial charge in [-0.05, 0) is 44.8 Å². The molecule has 2 heterocycles. The SMILES string of the molecule is CC(CN1CCCC1)N1CNC(Cc2ccccc2)C1=O. The summed E-state index contributed by atoms with van der Waals surface area (Å²) in [5.41, 5.74) is 1.22. The number of hydrogen-bond acceptors (Lipinski definition) is 3. The van der Waals surface area contributed by atoms with E-state index in [0.717, 1.165) is 13.0 Å². The Morgan fingerprint density at radius 2 is 1.95 bits per heavy atom. The summed E-state index contributed by atoms with van der Waals surface area (Å²) in [6, 6.07) is 10.5. The number of carbonyl (C=O) groups excluding carboxylic acids is 1. The van der Waals surface area contributed by atoms with Crippen LogP contribution < -0.4 is 5.32 Å². The lowest BCUT2D eigenvalue weighted by Gasteiger charge is -2.28. The Hall–Kier alpha value is -1.39. The third-order valence-corrected chi connectivity index (χ3v) is 4.63. The van der Waals surface area contributed by atoms with Gasteiger partial charge in [-0.3, -0.25) is 10.1 Å². The van der Waals surface area contributed by atoms with E-state index in [2.05, 4.69) is 29.3 Å². The fourth-order valence-corrected chi connectivity index (χ4v) is 3.39. The van der Waals surface area contributed by atoms with E-state index in [1.54, 1.807) is 0 Å². The van der Waals surface area contributed by atoms with Gasteiger partial charge in [0.1, 0.15) is 0 Å². The molecular formula is C17H25N3O. The van der Waals surface area contributed by atoms with Crippen molar-refractivity contribution in [1.82, 2.24) is 15.1 Å². The monoisotopic (exact) mass is 287 g/mol. The maximum absolute atomic E-state index is 12.6. The molecule has 0 saturated carbocycles. The van der Waals surface area contributed by atoms with Gasteiger partial charge in [-0.2, -0.15) is 0 Å². The van der Waals surface area contributed by atoms with Crippen LogP contribution >= 0.6 is 0 Å². The summed E-state index contributed by atoms with van der Waals surface area (Å²) in [5, 5.41) is 3.37. The van der Waals surface area contributed by atoms with Gasteiger partial charge in [-0.25, -0.2) is 0 Å². The Morgan fingerprint density at radius 3 is 2.67 bits per heavy atom. The molecule has 2 atom stereocenters. The summed E-state index contributed by atoms with van der Waals surface area (Å²) >= 11 is 0. The van der Waals surface area contributed by atoms with Crippen molar-refractivity contribution in [2.75, 3.05) is 26.3 Å². The molecule has 0 aliphatic carbocycles. The van der Waals surface area contributed by atoms with E-state index in [-0.39, 0.29) is 11.9 Å². The van der Waals surface area contributed by atoms with Gasteiger partial charge in [0.05, 0.1) is 12.7 Å². The van der Waals surface area contributed by atoms with Crippen molar-refractivity contribution >= 4 is 5.91 Å². The predicted octanol–water partition coefficient (Wildman–Crippen LogP) is 1.47. The van der Waals surface area contributed by atoms with E-state index < -0.39 is 0 Å². The summed E-state index contributed by atoms with van der Waals surface area (Å²) < 4.78 is 0. The second-order valence-corrected chi connectivity index (χ2v) is 6.27. The Morgan fingerprint density at radius 1 is 1.24 bits per heavy atom. The van der Waals surface area contributed by atoms with Crippen LogP contribution in [0.3, 0.4) is 0 Å². The van der Waals surface area contributed by atoms with E-state index >= 15 is 0 Å². The summed E-state index contributed by atoms with van der Waals surface area (Å²) in [6.45, 7) is 6.24. The number of amides is 1. The lowest BCUT2D eigenvalue weighted by atomic mass is 10.1. The molecule has 0 spiro atoms. The quantitative estimate of drug-likeness (QED) is 0.891. The van der Waals surface area contributed by atoms with Crippen LogP contribution in [-0.4, -0.2) is 54.1 Å². The highest BCUT2D eigenvalue weighted by molar-refractivity contribution is 5.84. The average molecular weight is 287 g/mol. The van der Waals surface area contributed by atoms with E-state index in [9.17, 15) is 4.79 Å². The predicted molar refractivity (Wildman–Crippen MR) is 83.9 cm³/mol. The molecule has 4 heteroatoms. The summed E-state index contributed by atoms with van der Waals surface area (Å²) in [7, 11) is 0. The largest absolute Gasteiger partial charge is 0.325 e. The summed E-state index contributed by atoms with van der Waals surface area (Å²) in [6.07, 6.45) is 3.39. The molecule has 1 aromatic carbocycles. The van der Waals surface area contributed by atoms with Gasteiger partial charge in [0.15, 0.2) is 0 Å². The highest BCUT2D eigenvalue weighted by Crippen LogP contribution is 2.15. The van der Waals surface area contributed by atoms with Crippen molar-refractivity contribution in [2.45, 2.75) is 38.3 Å². The van der Waals surface area contributed by atoms with E-state index in [0.29, 0.717) is 12.7 Å². The topological polar surface area (TPSA) is 35.6 Å². The van der Waals surface area contributed by atoms with Crippen LogP contribution in [0.5, 0.6) is 0 Å². The molecule has 21 heavy (non-hydrogen) atoms. The first kappa shape index (κ1) is 14.5. The fourth-order valence-electron chi connectivity index (χ4n) is 3.39. The van der Waals surface area contributed by atoms with Crippen LogP contribution in [0.25, 0.3) is 0 Å². The van der Waals surface area contributed by atoms with Gasteiger partial charge >= 0.3 is 0 Å². The smallest absolute Gasteiger partial charge is 0.241 e. The first-order valence-electron chi connectivity index (χ1n) is 8.04. The molecule has 2 fully saturated rings. The number of nitrogens with one attached hydrogen (secondary N) is 1. The second kappa shape index (κ2) is 6.58. The zero-order valence-electron chi connectivity index (χ0n) is 12.8. The zero-order valence-corrected chi connectivity index (χ0v) is 12.8. The molecule has 0 radical (unpaired) electrons. The summed E-state index contributed by atoms with van der Waals surface area (Å²) in [5.74, 6) is 0.255. The Kier molecular flexibility index (Phi) is 4.56. The van der Waals surface area contributed by atoms with Crippen molar-refractivity contribution in [3.63, 3.8) is 0 Å². The average Bonchev–Trinajstić information content (AvgIpc) is 3.11. The molecule has 1 amide bonds. The highest BCUT2D eigenvalue weighted by Gasteiger charge is 2.34. The van der Waals surface area contributed by atoms with Crippen molar-refractivity contribution in [2.24, 2.45) is 0 Å². The second-order valence-electron chi connectivity index (χ2n) is 6.27. The van der Waals surface area contributed by atoms with E-state index in [1.807, 2.05) is 23.1 Å². The summed E-state index contributed by atoms with van der Waals surface area (Å²) in [4.78, 5) is 17.1. The lowest BCUT2D eigenvalue weighted by Crippen LogP contribution is -2.43. The molecule has 1 N–H and O–H groups in total. The van der Waals surface area contributed by atoms with Crippen molar-refractivity contribution in [3.05, 3.63) is 35.9 Å². The third kappa shape index (κ3) is 3.44. The minimum atomic E-state index is -0.0616. The molecule has 0 aromatic heterocycles. The zero-order chi connectivity index (χ0) is 14.7. The van der Waals surface area contributed by atoms with Gasteiger partial charge < -0.3 is 9.80 Å². The Labute approximate surface area is 127 Å². The molecule has 1 aromatic rings. The van der Waals surface area contributed by atoms with Gasteiger partial charge in [0.2, 0.25) is 5.91 Å². The van der Waals surface area contributed by atoms with Crippen LogP contribution in [-0.2, 0) is 11.2 Å². The molecule has 2 aliphatic heterocycles. The highest BCUT2D eigenvalue weighted by atomic mass is 16.2. The molecule has 3 rings (SSSR count). The Bertz CT molecular complexity index is 470. The minimum absolute atomic E-state index is 0.0616. The van der Waals surface area contributed by atoms with Gasteiger partial charge in [-0.15, -0.1) is 0 Å². The molecule has 2 aliphatic rings. The maximum Gasteiger partial charge on any atom is 0.241 e. The van der Waals surface area contributed by atoms with E-state index in [4.69, 9.17) is 0 Å². The first-order valence-corrected chi connectivity index (χ1v) is 8.04.